The molecule has 2 aromatic carbocycles. The van der Waals surface area contributed by atoms with Crippen LogP contribution in [0.2, 0.25) is 0 Å². The molecule has 0 unspecified atom stereocenters. The number of esters is 1. The molecule has 0 saturated heterocycles. The van der Waals surface area contributed by atoms with Crippen LogP contribution in [0.5, 0.6) is 0 Å². The number of amides is 1. The Labute approximate surface area is 196 Å². The van der Waals surface area contributed by atoms with Gasteiger partial charge in [-0.1, -0.05) is 48.2 Å². The van der Waals surface area contributed by atoms with Crippen LogP contribution in [0.3, 0.4) is 0 Å². The van der Waals surface area contributed by atoms with Crippen LogP contribution in [-0.2, 0) is 28.1 Å². The molecule has 3 rings (SSSR count). The lowest BCUT2D eigenvalue weighted by atomic mass is 10.2. The van der Waals surface area contributed by atoms with E-state index in [-0.39, 0.29) is 17.8 Å². The van der Waals surface area contributed by atoms with E-state index in [4.69, 9.17) is 4.74 Å². The molecule has 3 aromatic rings. The molecule has 0 spiro atoms. The van der Waals surface area contributed by atoms with Crippen molar-refractivity contribution in [1.82, 2.24) is 14.8 Å². The van der Waals surface area contributed by atoms with E-state index in [0.29, 0.717) is 16.4 Å². The number of thioether (sulfide) groups is 2. The summed E-state index contributed by atoms with van der Waals surface area (Å²) >= 11 is 3.09. The highest BCUT2D eigenvalue weighted by molar-refractivity contribution is 7.99. The number of hydrogen-bond donors (Lipinski definition) is 1. The standard InChI is InChI=1S/C23H26N4O3S2/c1-16(2)30-22(29)18-10-7-11-19(12-18)24-21(28)15-32-23-26-25-20(27(23)3)14-31-13-17-8-5-4-6-9-17/h4-12,16H,13-15H2,1-3H3,(H,24,28). The molecule has 0 saturated carbocycles. The van der Waals surface area contributed by atoms with Crippen molar-refractivity contribution in [2.45, 2.75) is 36.6 Å². The molecule has 0 bridgehead atoms. The smallest absolute Gasteiger partial charge is 0.338 e. The Morgan fingerprint density at radius 1 is 1.06 bits per heavy atom. The van der Waals surface area contributed by atoms with Crippen LogP contribution >= 0.6 is 23.5 Å². The van der Waals surface area contributed by atoms with Crippen molar-refractivity contribution in [2.75, 3.05) is 11.1 Å². The molecule has 9 heteroatoms. The Bertz CT molecular complexity index is 1050. The first-order valence-electron chi connectivity index (χ1n) is 10.2. The third-order valence-corrected chi connectivity index (χ3v) is 6.34. The van der Waals surface area contributed by atoms with Gasteiger partial charge in [0.25, 0.3) is 0 Å². The minimum atomic E-state index is -0.415. The van der Waals surface area contributed by atoms with Crippen LogP contribution in [0, 0.1) is 0 Å². The van der Waals surface area contributed by atoms with Crippen molar-refractivity contribution < 1.29 is 14.3 Å². The summed E-state index contributed by atoms with van der Waals surface area (Å²) in [5, 5.41) is 12.0. The first-order valence-corrected chi connectivity index (χ1v) is 12.3. The first-order chi connectivity index (χ1) is 15.4. The molecule has 0 atom stereocenters. The molecule has 1 N–H and O–H groups in total. The summed E-state index contributed by atoms with van der Waals surface area (Å²) in [5.74, 6) is 2.09. The summed E-state index contributed by atoms with van der Waals surface area (Å²) in [7, 11) is 1.91. The van der Waals surface area contributed by atoms with Gasteiger partial charge in [0.05, 0.1) is 23.2 Å². The quantitative estimate of drug-likeness (QED) is 0.344. The number of ether oxygens (including phenoxy) is 1. The Morgan fingerprint density at radius 2 is 1.84 bits per heavy atom. The van der Waals surface area contributed by atoms with Gasteiger partial charge in [0.15, 0.2) is 5.16 Å². The highest BCUT2D eigenvalue weighted by atomic mass is 32.2. The number of hydrogen-bond acceptors (Lipinski definition) is 7. The number of nitrogens with one attached hydrogen (secondary N) is 1. The van der Waals surface area contributed by atoms with Gasteiger partial charge in [-0.05, 0) is 37.6 Å². The number of nitrogens with zero attached hydrogens (tertiary/aromatic N) is 3. The van der Waals surface area contributed by atoms with Gasteiger partial charge in [-0.15, -0.1) is 22.0 Å². The van der Waals surface area contributed by atoms with Gasteiger partial charge < -0.3 is 14.6 Å². The monoisotopic (exact) mass is 470 g/mol. The SMILES string of the molecule is CC(C)OC(=O)c1cccc(NC(=O)CSc2nnc(CSCc3ccccc3)n2C)c1. The van der Waals surface area contributed by atoms with Gasteiger partial charge in [0, 0.05) is 18.5 Å². The van der Waals surface area contributed by atoms with E-state index < -0.39 is 5.97 Å². The van der Waals surface area contributed by atoms with Crippen molar-refractivity contribution in [3.05, 3.63) is 71.5 Å². The van der Waals surface area contributed by atoms with E-state index in [9.17, 15) is 9.59 Å². The van der Waals surface area contributed by atoms with E-state index in [2.05, 4.69) is 27.6 Å². The average Bonchev–Trinajstić information content (AvgIpc) is 3.12. The van der Waals surface area contributed by atoms with Crippen molar-refractivity contribution >= 4 is 41.1 Å². The third kappa shape index (κ3) is 7.13. The van der Waals surface area contributed by atoms with E-state index in [1.807, 2.05) is 29.8 Å². The molecule has 7 nitrogen and oxygen atoms in total. The molecule has 0 radical (unpaired) electrons. The number of anilines is 1. The number of carbonyl (C=O) groups is 2. The average molecular weight is 471 g/mol. The minimum Gasteiger partial charge on any atom is -0.459 e. The molecule has 1 heterocycles. The molecule has 1 aromatic heterocycles. The molecule has 32 heavy (non-hydrogen) atoms. The predicted molar refractivity (Wildman–Crippen MR) is 129 cm³/mol. The molecule has 0 fully saturated rings. The lowest BCUT2D eigenvalue weighted by molar-refractivity contribution is -0.113. The fourth-order valence-electron chi connectivity index (χ4n) is 2.76. The third-order valence-electron chi connectivity index (χ3n) is 4.32. The fraction of sp³-hybridized carbons (Fsp3) is 0.304. The van der Waals surface area contributed by atoms with Crippen LogP contribution < -0.4 is 5.32 Å². The summed E-state index contributed by atoms with van der Waals surface area (Å²) in [6.45, 7) is 3.58. The summed E-state index contributed by atoms with van der Waals surface area (Å²) in [5.41, 5.74) is 2.22. The van der Waals surface area contributed by atoms with E-state index in [0.717, 1.165) is 17.3 Å². The second kappa shape index (κ2) is 11.7. The Balaban J connectivity index is 1.48. The van der Waals surface area contributed by atoms with Crippen LogP contribution in [0.4, 0.5) is 5.69 Å². The van der Waals surface area contributed by atoms with Gasteiger partial charge in [0.1, 0.15) is 5.82 Å². The largest absolute Gasteiger partial charge is 0.459 e. The van der Waals surface area contributed by atoms with Crippen LogP contribution in [0.1, 0.15) is 35.6 Å². The molecule has 0 aliphatic rings. The predicted octanol–water partition coefficient (Wildman–Crippen LogP) is 4.54. The lowest BCUT2D eigenvalue weighted by Gasteiger charge is -2.10. The van der Waals surface area contributed by atoms with Crippen molar-refractivity contribution in [1.29, 1.82) is 0 Å². The highest BCUT2D eigenvalue weighted by Crippen LogP contribution is 2.21. The molecule has 1 amide bonds. The number of carbonyl (C=O) groups excluding carboxylic acids is 2. The van der Waals surface area contributed by atoms with Gasteiger partial charge in [-0.2, -0.15) is 0 Å². The summed E-state index contributed by atoms with van der Waals surface area (Å²) in [6, 6.07) is 17.0. The summed E-state index contributed by atoms with van der Waals surface area (Å²) in [4.78, 5) is 24.4. The Hall–Kier alpha value is -2.78. The van der Waals surface area contributed by atoms with Gasteiger partial charge >= 0.3 is 5.97 Å². The molecular formula is C23H26N4O3S2. The fourth-order valence-corrected chi connectivity index (χ4v) is 4.46. The van der Waals surface area contributed by atoms with Gasteiger partial charge in [-0.25, -0.2) is 4.79 Å². The van der Waals surface area contributed by atoms with Crippen molar-refractivity contribution in [3.63, 3.8) is 0 Å². The second-order valence-electron chi connectivity index (χ2n) is 7.31. The van der Waals surface area contributed by atoms with Crippen LogP contribution in [-0.4, -0.2) is 38.5 Å². The zero-order valence-corrected chi connectivity index (χ0v) is 19.9. The molecule has 168 valence electrons. The maximum absolute atomic E-state index is 12.4. The molecule has 0 aliphatic heterocycles. The molecular weight excluding hydrogens is 444 g/mol. The maximum atomic E-state index is 12.4. The van der Waals surface area contributed by atoms with Crippen molar-refractivity contribution in [2.24, 2.45) is 7.05 Å². The molecule has 0 aliphatic carbocycles. The number of rotatable bonds is 10. The van der Waals surface area contributed by atoms with E-state index in [1.54, 1.807) is 49.9 Å². The Kier molecular flexibility index (Phi) is 8.75. The minimum absolute atomic E-state index is 0.184. The maximum Gasteiger partial charge on any atom is 0.338 e. The van der Waals surface area contributed by atoms with Gasteiger partial charge in [-0.3, -0.25) is 4.79 Å². The first kappa shape index (κ1) is 23.9. The van der Waals surface area contributed by atoms with Crippen LogP contribution in [0.15, 0.2) is 59.8 Å². The summed E-state index contributed by atoms with van der Waals surface area (Å²) in [6.07, 6.45) is -0.204. The van der Waals surface area contributed by atoms with E-state index >= 15 is 0 Å². The van der Waals surface area contributed by atoms with Gasteiger partial charge in [0.2, 0.25) is 5.91 Å². The second-order valence-corrected chi connectivity index (χ2v) is 9.24. The number of aromatic nitrogens is 3. The zero-order chi connectivity index (χ0) is 22.9. The van der Waals surface area contributed by atoms with E-state index in [1.165, 1.54) is 17.3 Å². The van der Waals surface area contributed by atoms with Crippen molar-refractivity contribution in [3.8, 4) is 0 Å². The highest BCUT2D eigenvalue weighted by Gasteiger charge is 2.13. The number of benzene rings is 2. The Morgan fingerprint density at radius 3 is 2.59 bits per heavy atom. The van der Waals surface area contributed by atoms with Crippen LogP contribution in [0.25, 0.3) is 0 Å². The summed E-state index contributed by atoms with van der Waals surface area (Å²) < 4.78 is 7.11. The normalized spacial score (nSPS) is 10.9. The lowest BCUT2D eigenvalue weighted by Crippen LogP contribution is -2.16. The zero-order valence-electron chi connectivity index (χ0n) is 18.3. The topological polar surface area (TPSA) is 86.1 Å².